The van der Waals surface area contributed by atoms with E-state index in [2.05, 4.69) is 19.7 Å². The fourth-order valence-electron chi connectivity index (χ4n) is 2.42. The smallest absolute Gasteiger partial charge is 0.435 e. The Morgan fingerprint density at radius 3 is 1.34 bits per heavy atom. The first-order chi connectivity index (χ1) is 15.8. The lowest BCUT2D eigenvalue weighted by Gasteiger charge is -2.11. The van der Waals surface area contributed by atoms with Crippen LogP contribution in [0.2, 0.25) is 0 Å². The molecule has 2 heterocycles. The van der Waals surface area contributed by atoms with Gasteiger partial charge in [0.15, 0.2) is 11.5 Å². The van der Waals surface area contributed by atoms with Crippen LogP contribution in [0.25, 0.3) is 0 Å². The van der Waals surface area contributed by atoms with Gasteiger partial charge in [-0.05, 0) is 36.4 Å². The molecule has 160 valence electrons. The van der Waals surface area contributed by atoms with Crippen LogP contribution in [0.3, 0.4) is 0 Å². The molecule has 0 saturated carbocycles. The topological polar surface area (TPSA) is 98.2 Å². The number of carbonyl (C=O) groups is 1. The summed E-state index contributed by atoms with van der Waals surface area (Å²) in [5.41, 5.74) is 0. The highest BCUT2D eigenvalue weighted by Crippen LogP contribution is 2.32. The molecule has 2 aromatic carbocycles. The number of hydrogen-bond acceptors (Lipinski definition) is 9. The zero-order valence-corrected chi connectivity index (χ0v) is 16.5. The van der Waals surface area contributed by atoms with Gasteiger partial charge in [-0.1, -0.05) is 36.4 Å². The highest BCUT2D eigenvalue weighted by Gasteiger charge is 2.15. The number of rotatable bonds is 8. The molecule has 4 aromatic rings. The number of hydrogen-bond donors (Lipinski definition) is 0. The van der Waals surface area contributed by atoms with Gasteiger partial charge in [0.2, 0.25) is 23.3 Å². The first-order valence-corrected chi connectivity index (χ1v) is 9.37. The van der Waals surface area contributed by atoms with E-state index in [0.717, 1.165) is 0 Å². The van der Waals surface area contributed by atoms with Crippen LogP contribution in [0.15, 0.2) is 97.3 Å². The fourth-order valence-corrected chi connectivity index (χ4v) is 2.42. The van der Waals surface area contributed by atoms with Crippen LogP contribution < -0.4 is 19.2 Å². The monoisotopic (exact) mass is 432 g/mol. The van der Waals surface area contributed by atoms with E-state index >= 15 is 0 Å². The summed E-state index contributed by atoms with van der Waals surface area (Å²) in [6.07, 6.45) is 1.92. The van der Waals surface area contributed by atoms with Gasteiger partial charge in [0.1, 0.15) is 0 Å². The van der Waals surface area contributed by atoms with Gasteiger partial charge in [0.05, 0.1) is 0 Å². The van der Waals surface area contributed by atoms with E-state index in [0.29, 0.717) is 11.8 Å². The summed E-state index contributed by atoms with van der Waals surface area (Å²) in [5, 5.41) is 0. The van der Waals surface area contributed by atoms with Crippen molar-refractivity contribution in [3.8, 4) is 34.8 Å². The van der Waals surface area contributed by atoms with Crippen molar-refractivity contribution in [2.75, 3.05) is 0 Å². The van der Waals surface area contributed by atoms with Gasteiger partial charge >= 0.3 is 6.16 Å². The van der Waals surface area contributed by atoms with E-state index in [4.69, 9.17) is 19.2 Å². The van der Waals surface area contributed by atoms with E-state index in [-0.39, 0.29) is 23.0 Å². The summed E-state index contributed by atoms with van der Waals surface area (Å²) < 4.78 is 11.2. The van der Waals surface area contributed by atoms with Gasteiger partial charge < -0.3 is 9.47 Å². The highest BCUT2D eigenvalue weighted by atomic mass is 17.3. The van der Waals surface area contributed by atoms with Crippen LogP contribution in [0.4, 0.5) is 4.79 Å². The third-order valence-electron chi connectivity index (χ3n) is 3.80. The Morgan fingerprint density at radius 2 is 0.938 bits per heavy atom. The molecule has 0 fully saturated rings. The van der Waals surface area contributed by atoms with Gasteiger partial charge in [-0.3, -0.25) is 9.78 Å². The van der Waals surface area contributed by atoms with Crippen molar-refractivity contribution in [2.24, 2.45) is 0 Å². The molecule has 9 nitrogen and oxygen atoms in total. The summed E-state index contributed by atoms with van der Waals surface area (Å²) >= 11 is 0. The van der Waals surface area contributed by atoms with Crippen molar-refractivity contribution in [3.05, 3.63) is 97.3 Å². The molecule has 0 atom stereocenters. The Morgan fingerprint density at radius 1 is 0.531 bits per heavy atom. The molecule has 32 heavy (non-hydrogen) atoms. The molecule has 0 amide bonds. The number of nitrogens with zero attached hydrogens (tertiary/aromatic N) is 2. The second-order valence-electron chi connectivity index (χ2n) is 6.02. The van der Waals surface area contributed by atoms with Crippen molar-refractivity contribution < 1.29 is 33.8 Å². The number of pyridine rings is 2. The molecule has 4 rings (SSSR count). The summed E-state index contributed by atoms with van der Waals surface area (Å²) in [4.78, 5) is 39.4. The van der Waals surface area contributed by atoms with E-state index in [1.165, 1.54) is 0 Å². The minimum Gasteiger partial charge on any atom is -0.435 e. The van der Waals surface area contributed by atoms with Crippen LogP contribution in [0, 0.1) is 0 Å². The maximum atomic E-state index is 11.9. The maximum Gasteiger partial charge on any atom is 0.591 e. The largest absolute Gasteiger partial charge is 0.591 e. The van der Waals surface area contributed by atoms with Crippen LogP contribution in [0.1, 0.15) is 0 Å². The molecule has 0 aliphatic rings. The van der Waals surface area contributed by atoms with Crippen molar-refractivity contribution >= 4 is 6.16 Å². The zero-order chi connectivity index (χ0) is 22.0. The average Bonchev–Trinajstić information content (AvgIpc) is 2.84. The van der Waals surface area contributed by atoms with Gasteiger partial charge in [0.25, 0.3) is 0 Å². The number of carbonyl (C=O) groups excluding carboxylic acids is 1. The first-order valence-electron chi connectivity index (χ1n) is 9.37. The molecule has 2 aromatic heterocycles. The van der Waals surface area contributed by atoms with Crippen LogP contribution in [-0.4, -0.2) is 16.1 Å². The Labute approximate surface area is 182 Å². The predicted molar refractivity (Wildman–Crippen MR) is 110 cm³/mol. The average molecular weight is 432 g/mol. The second-order valence-corrected chi connectivity index (χ2v) is 6.02. The zero-order valence-electron chi connectivity index (χ0n) is 16.5. The number of aromatic nitrogens is 2. The molecule has 0 saturated heterocycles. The van der Waals surface area contributed by atoms with Crippen molar-refractivity contribution in [1.82, 2.24) is 9.97 Å². The third kappa shape index (κ3) is 5.63. The minimum atomic E-state index is -1.25. The van der Waals surface area contributed by atoms with Gasteiger partial charge in [-0.2, -0.15) is 4.79 Å². The predicted octanol–water partition coefficient (Wildman–Crippen LogP) is 5.50. The van der Waals surface area contributed by atoms with Crippen molar-refractivity contribution in [3.63, 3.8) is 0 Å². The standard InChI is InChI=1S/C23H16N2O7/c26-23(31-29-19-11-3-1-9-17(19)27-21-13-5-7-15-24-21)32-30-20-12-4-2-10-18(20)28-22-14-6-8-16-25-22/h1-16H. The van der Waals surface area contributed by atoms with Gasteiger partial charge in [0, 0.05) is 24.5 Å². The van der Waals surface area contributed by atoms with Crippen LogP contribution in [0.5, 0.6) is 34.8 Å². The molecular formula is C23H16N2O7. The van der Waals surface area contributed by atoms with E-state index in [1.54, 1.807) is 97.3 Å². The molecule has 0 aliphatic carbocycles. The highest BCUT2D eigenvalue weighted by molar-refractivity contribution is 5.59. The van der Waals surface area contributed by atoms with Crippen LogP contribution >= 0.6 is 0 Å². The quantitative estimate of drug-likeness (QED) is 0.264. The number of benzene rings is 2. The molecule has 0 bridgehead atoms. The molecular weight excluding hydrogens is 416 g/mol. The van der Waals surface area contributed by atoms with E-state index in [9.17, 15) is 4.79 Å². The first kappa shape index (κ1) is 20.5. The molecule has 0 unspecified atom stereocenters. The summed E-state index contributed by atoms with van der Waals surface area (Å²) in [5.74, 6) is 1.53. The van der Waals surface area contributed by atoms with Crippen molar-refractivity contribution in [2.45, 2.75) is 0 Å². The van der Waals surface area contributed by atoms with Crippen molar-refractivity contribution in [1.29, 1.82) is 0 Å². The number of para-hydroxylation sites is 4. The van der Waals surface area contributed by atoms with Gasteiger partial charge in [-0.25, -0.2) is 19.7 Å². The lowest BCUT2D eigenvalue weighted by molar-refractivity contribution is -0.236. The Hall–Kier alpha value is -4.79. The summed E-state index contributed by atoms with van der Waals surface area (Å²) in [6.45, 7) is 0. The second kappa shape index (κ2) is 10.3. The molecule has 0 aliphatic heterocycles. The van der Waals surface area contributed by atoms with Gasteiger partial charge in [-0.15, -0.1) is 0 Å². The Kier molecular flexibility index (Phi) is 6.59. The third-order valence-corrected chi connectivity index (χ3v) is 3.80. The number of ether oxygens (including phenoxy) is 2. The summed E-state index contributed by atoms with van der Waals surface area (Å²) in [7, 11) is 0. The summed E-state index contributed by atoms with van der Waals surface area (Å²) in [6, 6.07) is 23.5. The maximum absolute atomic E-state index is 11.9. The Balaban J connectivity index is 1.33. The lowest BCUT2D eigenvalue weighted by Crippen LogP contribution is -2.13. The van der Waals surface area contributed by atoms with E-state index < -0.39 is 6.16 Å². The Bertz CT molecular complexity index is 1070. The molecule has 9 heteroatoms. The molecule has 0 N–H and O–H groups in total. The SMILES string of the molecule is O=C(OOc1ccccc1Oc1ccccn1)OOc1ccccc1Oc1ccccn1. The minimum absolute atomic E-state index is 0.133. The van der Waals surface area contributed by atoms with Crippen LogP contribution in [-0.2, 0) is 9.78 Å². The lowest BCUT2D eigenvalue weighted by atomic mass is 10.3. The molecule has 0 radical (unpaired) electrons. The fraction of sp³-hybridized carbons (Fsp3) is 0. The molecule has 0 spiro atoms. The van der Waals surface area contributed by atoms with E-state index in [1.807, 2.05) is 0 Å². The normalized spacial score (nSPS) is 10.0.